The lowest BCUT2D eigenvalue weighted by Crippen LogP contribution is -2.26. The average molecular weight is 303 g/mol. The zero-order valence-corrected chi connectivity index (χ0v) is 9.41. The topological polar surface area (TPSA) is 145 Å². The summed E-state index contributed by atoms with van der Waals surface area (Å²) >= 11 is 0. The van der Waals surface area contributed by atoms with Gasteiger partial charge < -0.3 is 9.72 Å². The number of hydrogen-bond acceptors (Lipinski definition) is 6. The quantitative estimate of drug-likeness (QED) is 0.585. The van der Waals surface area contributed by atoms with Gasteiger partial charge in [0.2, 0.25) is 5.03 Å². The van der Waals surface area contributed by atoms with E-state index in [0.717, 1.165) is 0 Å². The first-order valence-corrected chi connectivity index (χ1v) is 5.66. The van der Waals surface area contributed by atoms with Crippen LogP contribution in [-0.4, -0.2) is 24.7 Å². The summed E-state index contributed by atoms with van der Waals surface area (Å²) in [5, 5.41) is 13.8. The van der Waals surface area contributed by atoms with Crippen molar-refractivity contribution in [3.8, 4) is 5.75 Å². The first-order chi connectivity index (χ1) is 8.43. The fraction of sp³-hybridized carbons (Fsp3) is 0.167. The second kappa shape index (κ2) is 4.51. The van der Waals surface area contributed by atoms with Gasteiger partial charge in [0.15, 0.2) is 5.75 Å². The van der Waals surface area contributed by atoms with Crippen molar-refractivity contribution in [2.24, 2.45) is 5.14 Å². The normalized spacial score (nSPS) is 12.2. The minimum absolute atomic E-state index is 0.211. The van der Waals surface area contributed by atoms with Gasteiger partial charge in [-0.05, 0) is 0 Å². The molecule has 0 aliphatic rings. The molecule has 13 heteroatoms. The number of H-pyrrole nitrogens is 1. The molecule has 0 amide bonds. The maximum absolute atomic E-state index is 11.9. The number of nitrogens with two attached hydrogens (primary N) is 1. The molecule has 19 heavy (non-hydrogen) atoms. The minimum Gasteiger partial charge on any atom is -0.400 e. The first-order valence-electron chi connectivity index (χ1n) is 4.12. The van der Waals surface area contributed by atoms with Gasteiger partial charge in [-0.3, -0.25) is 14.9 Å². The van der Waals surface area contributed by atoms with Crippen LogP contribution in [0.15, 0.2) is 16.0 Å². The molecule has 1 aromatic rings. The number of rotatable bonds is 3. The fourth-order valence-corrected chi connectivity index (χ4v) is 1.73. The number of pyridine rings is 1. The predicted octanol–water partition coefficient (Wildman–Crippen LogP) is -0.171. The highest BCUT2D eigenvalue weighted by atomic mass is 32.2. The molecule has 0 aliphatic heterocycles. The van der Waals surface area contributed by atoms with E-state index in [2.05, 4.69) is 9.88 Å². The number of nitrogens with zero attached hydrogens (tertiary/aromatic N) is 1. The van der Waals surface area contributed by atoms with Crippen LogP contribution in [0.25, 0.3) is 0 Å². The molecule has 0 fully saturated rings. The summed E-state index contributed by atoms with van der Waals surface area (Å²) in [6, 6.07) is 0. The van der Waals surface area contributed by atoms with E-state index >= 15 is 0 Å². The molecule has 0 saturated carbocycles. The summed E-state index contributed by atoms with van der Waals surface area (Å²) < 4.78 is 60.8. The predicted molar refractivity (Wildman–Crippen MR) is 51.8 cm³/mol. The van der Waals surface area contributed by atoms with Gasteiger partial charge in [0.1, 0.15) is 0 Å². The van der Waals surface area contributed by atoms with Gasteiger partial charge in [-0.1, -0.05) is 0 Å². The first kappa shape index (κ1) is 14.9. The minimum atomic E-state index is -5.27. The van der Waals surface area contributed by atoms with Crippen molar-refractivity contribution in [3.63, 3.8) is 0 Å². The third kappa shape index (κ3) is 3.41. The Morgan fingerprint density at radius 2 is 1.95 bits per heavy atom. The zero-order chi connectivity index (χ0) is 15.0. The largest absolute Gasteiger partial charge is 0.573 e. The van der Waals surface area contributed by atoms with Crippen molar-refractivity contribution in [3.05, 3.63) is 26.5 Å². The van der Waals surface area contributed by atoms with Crippen LogP contribution in [0, 0.1) is 10.1 Å². The third-order valence-corrected chi connectivity index (χ3v) is 2.56. The number of sulfonamides is 1. The molecule has 3 N–H and O–H groups in total. The second-order valence-corrected chi connectivity index (χ2v) is 4.51. The Morgan fingerprint density at radius 1 is 1.42 bits per heavy atom. The Morgan fingerprint density at radius 3 is 2.32 bits per heavy atom. The molecule has 0 aromatic carbocycles. The van der Waals surface area contributed by atoms with Crippen LogP contribution in [0.4, 0.5) is 18.9 Å². The van der Waals surface area contributed by atoms with E-state index in [0.29, 0.717) is 0 Å². The van der Waals surface area contributed by atoms with E-state index in [-0.39, 0.29) is 6.20 Å². The van der Waals surface area contributed by atoms with Crippen molar-refractivity contribution in [1.29, 1.82) is 0 Å². The fourth-order valence-electron chi connectivity index (χ4n) is 1.07. The Labute approximate surface area is 102 Å². The van der Waals surface area contributed by atoms with Crippen LogP contribution in [-0.2, 0) is 10.0 Å². The molecule has 106 valence electrons. The number of aromatic nitrogens is 1. The number of ether oxygens (including phenoxy) is 1. The standard InChI is InChI=1S/C6H4F3N3O6S/c7-6(8,9)18-2-1-11-5(19(10,16)17)3(4(2)13)12(14)15/h1H,(H,11,13)(H2,10,16,17). The molecule has 0 radical (unpaired) electrons. The lowest BCUT2D eigenvalue weighted by molar-refractivity contribution is -0.389. The highest BCUT2D eigenvalue weighted by Crippen LogP contribution is 2.23. The average Bonchev–Trinajstić information content (AvgIpc) is 2.16. The van der Waals surface area contributed by atoms with E-state index in [1.54, 1.807) is 4.98 Å². The van der Waals surface area contributed by atoms with E-state index in [1.807, 2.05) is 0 Å². The Balaban J connectivity index is 3.59. The number of aromatic amines is 1. The lowest BCUT2D eigenvalue weighted by Gasteiger charge is -2.08. The van der Waals surface area contributed by atoms with Gasteiger partial charge in [0.05, 0.1) is 4.92 Å². The van der Waals surface area contributed by atoms with Crippen LogP contribution >= 0.6 is 0 Å². The molecule has 0 aliphatic carbocycles. The molecule has 0 unspecified atom stereocenters. The highest BCUT2D eigenvalue weighted by Gasteiger charge is 2.36. The smallest absolute Gasteiger partial charge is 0.400 e. The van der Waals surface area contributed by atoms with Gasteiger partial charge >= 0.3 is 17.5 Å². The van der Waals surface area contributed by atoms with E-state index in [1.165, 1.54) is 0 Å². The van der Waals surface area contributed by atoms with E-state index in [9.17, 15) is 36.5 Å². The van der Waals surface area contributed by atoms with Gasteiger partial charge in [0, 0.05) is 6.20 Å². The molecule has 9 nitrogen and oxygen atoms in total. The summed E-state index contributed by atoms with van der Waals surface area (Å²) in [6.07, 6.45) is -5.06. The molecule has 1 rings (SSSR count). The maximum Gasteiger partial charge on any atom is 0.573 e. The molecular weight excluding hydrogens is 299 g/mol. The van der Waals surface area contributed by atoms with Crippen molar-refractivity contribution in [1.82, 2.24) is 4.98 Å². The number of nitrogens with one attached hydrogen (secondary N) is 1. The monoisotopic (exact) mass is 303 g/mol. The summed E-state index contributed by atoms with van der Waals surface area (Å²) in [5.41, 5.74) is -3.53. The highest BCUT2D eigenvalue weighted by molar-refractivity contribution is 7.89. The number of alkyl halides is 3. The summed E-state index contributed by atoms with van der Waals surface area (Å²) in [5.74, 6) is -1.48. The molecule has 1 heterocycles. The molecule has 0 spiro atoms. The van der Waals surface area contributed by atoms with Crippen LogP contribution in [0.5, 0.6) is 5.75 Å². The van der Waals surface area contributed by atoms with Crippen LogP contribution < -0.4 is 15.3 Å². The second-order valence-electron chi connectivity index (χ2n) is 3.01. The molecule has 0 atom stereocenters. The number of hydrogen-bond donors (Lipinski definition) is 2. The summed E-state index contributed by atoms with van der Waals surface area (Å²) in [7, 11) is -4.70. The van der Waals surface area contributed by atoms with E-state index < -0.39 is 43.2 Å². The Bertz CT molecular complexity index is 678. The SMILES string of the molecule is NS(=O)(=O)c1[nH]cc(OC(F)(F)F)c(=O)c1[N+](=O)[O-]. The van der Waals surface area contributed by atoms with Gasteiger partial charge in [-0.15, -0.1) is 13.2 Å². The molecule has 0 bridgehead atoms. The van der Waals surface area contributed by atoms with Crippen LogP contribution in [0.1, 0.15) is 0 Å². The van der Waals surface area contributed by atoms with Crippen molar-refractivity contribution in [2.75, 3.05) is 0 Å². The molecule has 1 aromatic heterocycles. The van der Waals surface area contributed by atoms with Gasteiger partial charge in [0.25, 0.3) is 10.0 Å². The molecule has 0 saturated heterocycles. The summed E-state index contributed by atoms with van der Waals surface area (Å²) in [6.45, 7) is 0. The summed E-state index contributed by atoms with van der Waals surface area (Å²) in [4.78, 5) is 22.0. The van der Waals surface area contributed by atoms with Crippen molar-refractivity contribution in [2.45, 2.75) is 11.4 Å². The number of halogens is 3. The molecular formula is C6H4F3N3O6S. The Kier molecular flexibility index (Phi) is 3.54. The van der Waals surface area contributed by atoms with E-state index in [4.69, 9.17) is 0 Å². The maximum atomic E-state index is 11.9. The number of nitro groups is 1. The number of primary sulfonamides is 1. The zero-order valence-electron chi connectivity index (χ0n) is 8.59. The lowest BCUT2D eigenvalue weighted by atomic mass is 10.4. The van der Waals surface area contributed by atoms with Crippen LogP contribution in [0.3, 0.4) is 0 Å². The Hall–Kier alpha value is -2.15. The van der Waals surface area contributed by atoms with Crippen LogP contribution in [0.2, 0.25) is 0 Å². The van der Waals surface area contributed by atoms with Crippen molar-refractivity contribution < 1.29 is 31.2 Å². The van der Waals surface area contributed by atoms with Crippen molar-refractivity contribution >= 4 is 15.7 Å². The van der Waals surface area contributed by atoms with Gasteiger partial charge in [-0.2, -0.15) is 0 Å². The third-order valence-electron chi connectivity index (χ3n) is 1.68. The van der Waals surface area contributed by atoms with Gasteiger partial charge in [-0.25, -0.2) is 13.6 Å².